The number of aliphatic hydroxyl groups excluding tert-OH is 1. The van der Waals surface area contributed by atoms with Crippen LogP contribution in [-0.4, -0.2) is 18.8 Å². The van der Waals surface area contributed by atoms with E-state index in [9.17, 15) is 0 Å². The van der Waals surface area contributed by atoms with Crippen LogP contribution in [0.5, 0.6) is 5.75 Å². The highest BCUT2D eigenvalue weighted by molar-refractivity contribution is 6.30. The zero-order valence-corrected chi connectivity index (χ0v) is 7.93. The van der Waals surface area contributed by atoms with Gasteiger partial charge in [0.2, 0.25) is 0 Å². The maximum atomic E-state index is 8.51. The molecule has 0 saturated heterocycles. The molecule has 68 valence electrons. The van der Waals surface area contributed by atoms with Crippen LogP contribution in [0.2, 0.25) is 5.02 Å². The Morgan fingerprint density at radius 1 is 1.54 bits per heavy atom. The van der Waals surface area contributed by atoms with Crippen LogP contribution < -0.4 is 4.74 Å². The van der Waals surface area contributed by atoms with Crippen LogP contribution in [-0.2, 0) is 0 Å². The number of ether oxygens (including phenoxy) is 1. The van der Waals surface area contributed by atoms with E-state index in [-0.39, 0.29) is 6.61 Å². The molecular formula is C10H9ClO2. The summed E-state index contributed by atoms with van der Waals surface area (Å²) in [6.07, 6.45) is 0. The van der Waals surface area contributed by atoms with Crippen LogP contribution in [0.15, 0.2) is 18.2 Å². The molecule has 0 spiro atoms. The molecule has 0 amide bonds. The molecule has 1 aromatic carbocycles. The Morgan fingerprint density at radius 2 is 2.31 bits per heavy atom. The molecule has 0 fully saturated rings. The minimum Gasteiger partial charge on any atom is -0.495 e. The van der Waals surface area contributed by atoms with Crippen molar-refractivity contribution in [2.24, 2.45) is 0 Å². The number of rotatable bonds is 1. The Morgan fingerprint density at radius 3 is 2.92 bits per heavy atom. The van der Waals surface area contributed by atoms with Crippen molar-refractivity contribution in [2.75, 3.05) is 13.7 Å². The van der Waals surface area contributed by atoms with Crippen LogP contribution in [0.3, 0.4) is 0 Å². The molecule has 0 aliphatic rings. The van der Waals surface area contributed by atoms with Gasteiger partial charge in [0.25, 0.3) is 0 Å². The Balaban J connectivity index is 3.08. The molecule has 0 saturated carbocycles. The van der Waals surface area contributed by atoms with Gasteiger partial charge < -0.3 is 9.84 Å². The second kappa shape index (κ2) is 4.76. The third-order valence-electron chi connectivity index (χ3n) is 1.46. The van der Waals surface area contributed by atoms with Crippen LogP contribution in [0.1, 0.15) is 5.56 Å². The molecule has 0 heterocycles. The van der Waals surface area contributed by atoms with Gasteiger partial charge in [0.1, 0.15) is 12.4 Å². The monoisotopic (exact) mass is 196 g/mol. The van der Waals surface area contributed by atoms with E-state index in [1.807, 2.05) is 0 Å². The zero-order valence-electron chi connectivity index (χ0n) is 7.17. The summed E-state index contributed by atoms with van der Waals surface area (Å²) in [5, 5.41) is 9.11. The van der Waals surface area contributed by atoms with Gasteiger partial charge in [-0.15, -0.1) is 0 Å². The fraction of sp³-hybridized carbons (Fsp3) is 0.200. The number of methoxy groups -OCH3 is 1. The quantitative estimate of drug-likeness (QED) is 0.693. The Kier molecular flexibility index (Phi) is 3.63. The number of halogens is 1. The van der Waals surface area contributed by atoms with Crippen molar-refractivity contribution in [1.29, 1.82) is 0 Å². The minimum atomic E-state index is -0.171. The highest BCUT2D eigenvalue weighted by Crippen LogP contribution is 2.21. The van der Waals surface area contributed by atoms with E-state index >= 15 is 0 Å². The van der Waals surface area contributed by atoms with E-state index in [1.54, 1.807) is 25.3 Å². The number of aliphatic hydroxyl groups is 1. The number of hydrogen-bond donors (Lipinski definition) is 1. The molecule has 3 heteroatoms. The molecule has 0 aromatic heterocycles. The third-order valence-corrected chi connectivity index (χ3v) is 1.70. The fourth-order valence-electron chi connectivity index (χ4n) is 0.913. The van der Waals surface area contributed by atoms with Crippen molar-refractivity contribution in [1.82, 2.24) is 0 Å². The Bertz CT molecular complexity index is 350. The maximum Gasteiger partial charge on any atom is 0.134 e. The summed E-state index contributed by atoms with van der Waals surface area (Å²) in [5.74, 6) is 5.94. The second-order valence-electron chi connectivity index (χ2n) is 2.30. The average Bonchev–Trinajstić information content (AvgIpc) is 2.15. The summed E-state index contributed by atoms with van der Waals surface area (Å²) in [7, 11) is 1.56. The summed E-state index contributed by atoms with van der Waals surface area (Å²) >= 11 is 5.77. The average molecular weight is 197 g/mol. The van der Waals surface area contributed by atoms with Gasteiger partial charge in [0.15, 0.2) is 0 Å². The smallest absolute Gasteiger partial charge is 0.134 e. The molecule has 2 nitrogen and oxygen atoms in total. The highest BCUT2D eigenvalue weighted by Gasteiger charge is 1.99. The molecule has 0 atom stereocenters. The standard InChI is InChI=1S/C10H9ClO2/c1-13-10-5-4-9(11)7-8(10)3-2-6-12/h4-5,7,12H,6H2,1H3. The van der Waals surface area contributed by atoms with Crippen molar-refractivity contribution in [3.8, 4) is 17.6 Å². The lowest BCUT2D eigenvalue weighted by Crippen LogP contribution is -1.87. The van der Waals surface area contributed by atoms with Gasteiger partial charge in [-0.05, 0) is 18.2 Å². The molecule has 1 rings (SSSR count). The molecule has 0 unspecified atom stereocenters. The number of benzene rings is 1. The lowest BCUT2D eigenvalue weighted by Gasteiger charge is -2.02. The molecule has 0 bridgehead atoms. The van der Waals surface area contributed by atoms with E-state index < -0.39 is 0 Å². The first-order valence-electron chi connectivity index (χ1n) is 3.71. The maximum absolute atomic E-state index is 8.51. The predicted octanol–water partition coefficient (Wildman–Crippen LogP) is 1.69. The van der Waals surface area contributed by atoms with Crippen LogP contribution >= 0.6 is 11.6 Å². The van der Waals surface area contributed by atoms with Crippen LogP contribution in [0, 0.1) is 11.8 Å². The molecule has 1 aromatic rings. The van der Waals surface area contributed by atoms with Gasteiger partial charge in [0, 0.05) is 5.02 Å². The first kappa shape index (κ1) is 9.91. The van der Waals surface area contributed by atoms with Gasteiger partial charge in [-0.25, -0.2) is 0 Å². The van der Waals surface area contributed by atoms with Crippen LogP contribution in [0.4, 0.5) is 0 Å². The normalized spacial score (nSPS) is 8.85. The topological polar surface area (TPSA) is 29.5 Å². The van der Waals surface area contributed by atoms with Crippen molar-refractivity contribution < 1.29 is 9.84 Å². The van der Waals surface area contributed by atoms with Gasteiger partial charge in [0.05, 0.1) is 12.7 Å². The first-order chi connectivity index (χ1) is 6.27. The molecule has 1 N–H and O–H groups in total. The van der Waals surface area contributed by atoms with Gasteiger partial charge >= 0.3 is 0 Å². The van der Waals surface area contributed by atoms with Gasteiger partial charge in [-0.2, -0.15) is 0 Å². The van der Waals surface area contributed by atoms with Crippen molar-refractivity contribution in [3.05, 3.63) is 28.8 Å². The molecule has 0 aliphatic carbocycles. The lowest BCUT2D eigenvalue weighted by atomic mass is 10.2. The van der Waals surface area contributed by atoms with E-state index in [1.165, 1.54) is 0 Å². The van der Waals surface area contributed by atoms with Crippen molar-refractivity contribution in [3.63, 3.8) is 0 Å². The highest BCUT2D eigenvalue weighted by atomic mass is 35.5. The SMILES string of the molecule is COc1ccc(Cl)cc1C#CCO. The molecular weight excluding hydrogens is 188 g/mol. The largest absolute Gasteiger partial charge is 0.495 e. The minimum absolute atomic E-state index is 0.171. The number of hydrogen-bond acceptors (Lipinski definition) is 2. The van der Waals surface area contributed by atoms with E-state index in [0.717, 1.165) is 0 Å². The predicted molar refractivity (Wildman–Crippen MR) is 52.0 cm³/mol. The first-order valence-corrected chi connectivity index (χ1v) is 4.09. The lowest BCUT2D eigenvalue weighted by molar-refractivity contribution is 0.350. The molecule has 13 heavy (non-hydrogen) atoms. The van der Waals surface area contributed by atoms with Crippen molar-refractivity contribution in [2.45, 2.75) is 0 Å². The fourth-order valence-corrected chi connectivity index (χ4v) is 1.08. The summed E-state index contributed by atoms with van der Waals surface area (Å²) in [4.78, 5) is 0. The summed E-state index contributed by atoms with van der Waals surface area (Å²) in [6.45, 7) is -0.171. The van der Waals surface area contributed by atoms with Gasteiger partial charge in [-0.1, -0.05) is 23.4 Å². The Labute approximate surface area is 82.1 Å². The Hall–Kier alpha value is -1.17. The van der Waals surface area contributed by atoms with E-state index in [0.29, 0.717) is 16.3 Å². The van der Waals surface area contributed by atoms with Crippen LogP contribution in [0.25, 0.3) is 0 Å². The summed E-state index contributed by atoms with van der Waals surface area (Å²) in [6, 6.07) is 5.16. The summed E-state index contributed by atoms with van der Waals surface area (Å²) < 4.78 is 5.05. The summed E-state index contributed by atoms with van der Waals surface area (Å²) in [5.41, 5.74) is 0.684. The zero-order chi connectivity index (χ0) is 9.68. The van der Waals surface area contributed by atoms with E-state index in [2.05, 4.69) is 11.8 Å². The molecule has 0 aliphatic heterocycles. The molecule has 0 radical (unpaired) electrons. The van der Waals surface area contributed by atoms with Gasteiger partial charge in [-0.3, -0.25) is 0 Å². The van der Waals surface area contributed by atoms with E-state index in [4.69, 9.17) is 21.4 Å². The van der Waals surface area contributed by atoms with Crippen molar-refractivity contribution >= 4 is 11.6 Å². The second-order valence-corrected chi connectivity index (χ2v) is 2.74. The third kappa shape index (κ3) is 2.66.